The van der Waals surface area contributed by atoms with E-state index in [9.17, 15) is 18.0 Å². The third kappa shape index (κ3) is 5.24. The summed E-state index contributed by atoms with van der Waals surface area (Å²) in [6.45, 7) is 7.10. The predicted molar refractivity (Wildman–Crippen MR) is 125 cm³/mol. The third-order valence-corrected chi connectivity index (χ3v) is 7.41. The Labute approximate surface area is 193 Å². The lowest BCUT2D eigenvalue weighted by Gasteiger charge is -2.31. The zero-order valence-corrected chi connectivity index (χ0v) is 20.2. The molecule has 2 aromatic carbocycles. The molecule has 0 bridgehead atoms. The van der Waals surface area contributed by atoms with E-state index in [1.54, 1.807) is 57.2 Å². The van der Waals surface area contributed by atoms with Crippen molar-refractivity contribution in [2.75, 3.05) is 19.5 Å². The molecule has 3 rings (SSSR count). The Kier molecular flexibility index (Phi) is 7.22. The number of hydrogen-bond donors (Lipinski definition) is 1. The van der Waals surface area contributed by atoms with Crippen molar-refractivity contribution in [1.82, 2.24) is 5.32 Å². The van der Waals surface area contributed by atoms with Crippen molar-refractivity contribution < 1.29 is 27.5 Å². The first-order valence-corrected chi connectivity index (χ1v) is 12.2. The smallest absolute Gasteiger partial charge is 0.341 e. The molecule has 1 heterocycles. The molecule has 0 radical (unpaired) electrons. The summed E-state index contributed by atoms with van der Waals surface area (Å²) in [5.41, 5.74) is 2.68. The Morgan fingerprint density at radius 3 is 2.39 bits per heavy atom. The lowest BCUT2D eigenvalue weighted by molar-refractivity contribution is -0.146. The van der Waals surface area contributed by atoms with Gasteiger partial charge in [-0.15, -0.1) is 0 Å². The highest BCUT2D eigenvalue weighted by atomic mass is 32.2. The third-order valence-electron chi connectivity index (χ3n) is 5.46. The molecule has 2 aromatic rings. The minimum Gasteiger partial charge on any atom is -0.497 e. The average Bonchev–Trinajstić information content (AvgIpc) is 2.72. The molecule has 0 fully saturated rings. The summed E-state index contributed by atoms with van der Waals surface area (Å²) in [7, 11) is -2.40. The van der Waals surface area contributed by atoms with Crippen LogP contribution in [-0.2, 0) is 19.4 Å². The largest absolute Gasteiger partial charge is 0.497 e. The second-order valence-corrected chi connectivity index (χ2v) is 9.95. The highest BCUT2D eigenvalue weighted by Crippen LogP contribution is 2.32. The van der Waals surface area contributed by atoms with Crippen LogP contribution in [0.2, 0.25) is 0 Å². The number of nitrogens with zero attached hydrogens (tertiary/aromatic N) is 1. The molecular weight excluding hydrogens is 444 g/mol. The summed E-state index contributed by atoms with van der Waals surface area (Å²) in [5.74, 6) is -1.80. The molecule has 1 N–H and O–H groups in total. The standard InChI is InChI=1S/C24H28N2O6S/c1-6-32-23(27)20-19(13-33(29,30)22-15(3)10-14(2)11-16(22)4)25-24(28)26-21(20)17-8-7-9-18(12-17)31-5/h7-12,20-21H,6,13H2,1-5H3,(H,26,28). The lowest BCUT2D eigenvalue weighted by atomic mass is 9.88. The van der Waals surface area contributed by atoms with Crippen molar-refractivity contribution in [2.45, 2.75) is 38.6 Å². The van der Waals surface area contributed by atoms with Crippen molar-refractivity contribution in [2.24, 2.45) is 10.9 Å². The van der Waals surface area contributed by atoms with Gasteiger partial charge in [0.25, 0.3) is 0 Å². The van der Waals surface area contributed by atoms with Crippen molar-refractivity contribution in [1.29, 1.82) is 0 Å². The maximum atomic E-state index is 13.4. The number of aliphatic imine (C=N–C) groups is 1. The zero-order valence-electron chi connectivity index (χ0n) is 19.3. The van der Waals surface area contributed by atoms with Crippen LogP contribution in [-0.4, -0.2) is 45.6 Å². The fourth-order valence-corrected chi connectivity index (χ4v) is 6.18. The molecule has 0 aromatic heterocycles. The summed E-state index contributed by atoms with van der Waals surface area (Å²) in [6.07, 6.45) is 0. The second kappa shape index (κ2) is 9.74. The van der Waals surface area contributed by atoms with Gasteiger partial charge in [0, 0.05) is 0 Å². The number of ether oxygens (including phenoxy) is 2. The highest BCUT2D eigenvalue weighted by molar-refractivity contribution is 7.92. The lowest BCUT2D eigenvalue weighted by Crippen LogP contribution is -2.47. The number of rotatable bonds is 7. The summed E-state index contributed by atoms with van der Waals surface area (Å²) in [6, 6.07) is 8.88. The number of carbonyl (C=O) groups excluding carboxylic acids is 2. The van der Waals surface area contributed by atoms with Gasteiger partial charge in [0.15, 0.2) is 9.84 Å². The van der Waals surface area contributed by atoms with E-state index in [-0.39, 0.29) is 17.2 Å². The normalized spacial score (nSPS) is 18.3. The molecule has 2 amide bonds. The van der Waals surface area contributed by atoms with E-state index in [1.807, 2.05) is 6.92 Å². The molecule has 9 heteroatoms. The number of sulfone groups is 1. The van der Waals surface area contributed by atoms with E-state index in [0.29, 0.717) is 22.4 Å². The fraction of sp³-hybridized carbons (Fsp3) is 0.375. The number of aryl methyl sites for hydroxylation is 3. The van der Waals surface area contributed by atoms with Crippen molar-refractivity contribution in [3.8, 4) is 5.75 Å². The van der Waals surface area contributed by atoms with Crippen LogP contribution in [0, 0.1) is 26.7 Å². The van der Waals surface area contributed by atoms with Crippen LogP contribution in [0.3, 0.4) is 0 Å². The van der Waals surface area contributed by atoms with E-state index in [2.05, 4.69) is 10.3 Å². The topological polar surface area (TPSA) is 111 Å². The summed E-state index contributed by atoms with van der Waals surface area (Å²) in [4.78, 5) is 29.5. The summed E-state index contributed by atoms with van der Waals surface area (Å²) >= 11 is 0. The predicted octanol–water partition coefficient (Wildman–Crippen LogP) is 3.48. The van der Waals surface area contributed by atoms with E-state index < -0.39 is 39.6 Å². The summed E-state index contributed by atoms with van der Waals surface area (Å²) < 4.78 is 37.4. The molecule has 8 nitrogen and oxygen atoms in total. The van der Waals surface area contributed by atoms with Crippen LogP contribution >= 0.6 is 0 Å². The molecule has 2 unspecified atom stereocenters. The molecule has 33 heavy (non-hydrogen) atoms. The number of amides is 2. The van der Waals surface area contributed by atoms with Crippen LogP contribution in [0.1, 0.15) is 35.2 Å². The number of carbonyl (C=O) groups is 2. The van der Waals surface area contributed by atoms with Gasteiger partial charge in [-0.25, -0.2) is 18.2 Å². The van der Waals surface area contributed by atoms with Crippen LogP contribution in [0.25, 0.3) is 0 Å². The average molecular weight is 473 g/mol. The number of hydrogen-bond acceptors (Lipinski definition) is 6. The van der Waals surface area contributed by atoms with Gasteiger partial charge in [-0.2, -0.15) is 0 Å². The molecular formula is C24H28N2O6S. The van der Waals surface area contributed by atoms with Crippen LogP contribution in [0.4, 0.5) is 4.79 Å². The van der Waals surface area contributed by atoms with Gasteiger partial charge in [-0.3, -0.25) is 4.79 Å². The molecule has 0 saturated heterocycles. The molecule has 0 saturated carbocycles. The SMILES string of the molecule is CCOC(=O)C1C(CS(=O)(=O)c2c(C)cc(C)cc2C)=NC(=O)NC1c1cccc(OC)c1. The van der Waals surface area contributed by atoms with Gasteiger partial charge < -0.3 is 14.8 Å². The van der Waals surface area contributed by atoms with E-state index in [0.717, 1.165) is 5.56 Å². The van der Waals surface area contributed by atoms with Crippen molar-refractivity contribution >= 4 is 27.5 Å². The van der Waals surface area contributed by atoms with E-state index in [1.165, 1.54) is 7.11 Å². The minimum atomic E-state index is -3.90. The zero-order chi connectivity index (χ0) is 24.3. The number of urea groups is 1. The van der Waals surface area contributed by atoms with E-state index in [4.69, 9.17) is 9.47 Å². The Bertz CT molecular complexity index is 1200. The van der Waals surface area contributed by atoms with E-state index >= 15 is 0 Å². The Hall–Kier alpha value is -3.20. The van der Waals surface area contributed by atoms with Gasteiger partial charge >= 0.3 is 12.0 Å². The Balaban J connectivity index is 2.08. The first kappa shape index (κ1) is 24.4. The van der Waals surface area contributed by atoms with Crippen molar-refractivity contribution in [3.63, 3.8) is 0 Å². The maximum Gasteiger partial charge on any atom is 0.341 e. The second-order valence-electron chi connectivity index (χ2n) is 8.02. The van der Waals surface area contributed by atoms with Gasteiger partial charge in [0.2, 0.25) is 0 Å². The molecule has 176 valence electrons. The number of esters is 1. The Morgan fingerprint density at radius 1 is 1.12 bits per heavy atom. The quantitative estimate of drug-likeness (QED) is 0.618. The molecule has 1 aliphatic heterocycles. The van der Waals surface area contributed by atoms with Crippen LogP contribution < -0.4 is 10.1 Å². The van der Waals surface area contributed by atoms with Crippen LogP contribution in [0.5, 0.6) is 5.75 Å². The first-order chi connectivity index (χ1) is 15.6. The fourth-order valence-electron chi connectivity index (χ4n) is 4.30. The van der Waals surface area contributed by atoms with Crippen LogP contribution in [0.15, 0.2) is 46.3 Å². The van der Waals surface area contributed by atoms with Gasteiger partial charge in [-0.05, 0) is 56.5 Å². The molecule has 1 aliphatic rings. The number of methoxy groups -OCH3 is 1. The number of nitrogens with one attached hydrogen (secondary N) is 1. The molecule has 0 aliphatic carbocycles. The molecule has 0 spiro atoms. The van der Waals surface area contributed by atoms with Gasteiger partial charge in [0.1, 0.15) is 11.7 Å². The highest BCUT2D eigenvalue weighted by Gasteiger charge is 2.42. The van der Waals surface area contributed by atoms with Gasteiger partial charge in [0.05, 0.1) is 36.1 Å². The monoisotopic (exact) mass is 472 g/mol. The van der Waals surface area contributed by atoms with Gasteiger partial charge in [-0.1, -0.05) is 29.8 Å². The molecule has 2 atom stereocenters. The first-order valence-electron chi connectivity index (χ1n) is 10.6. The Morgan fingerprint density at radius 2 is 1.79 bits per heavy atom. The number of benzene rings is 2. The summed E-state index contributed by atoms with van der Waals surface area (Å²) in [5, 5.41) is 2.68. The minimum absolute atomic E-state index is 0.0515. The maximum absolute atomic E-state index is 13.4. The van der Waals surface area contributed by atoms with Crippen molar-refractivity contribution in [3.05, 3.63) is 58.7 Å².